The van der Waals surface area contributed by atoms with Gasteiger partial charge in [-0.2, -0.15) is 0 Å². The number of ether oxygens (including phenoxy) is 2. The van der Waals surface area contributed by atoms with Crippen LogP contribution in [-0.4, -0.2) is 47.4 Å². The Morgan fingerprint density at radius 1 is 0.790 bits per heavy atom. The molecule has 1 saturated heterocycles. The first kappa shape index (κ1) is 46.5. The molecule has 1 fully saturated rings. The summed E-state index contributed by atoms with van der Waals surface area (Å²) < 4.78 is 11.1. The van der Waals surface area contributed by atoms with E-state index in [0.29, 0.717) is 35.0 Å². The minimum absolute atomic E-state index is 0.125. The summed E-state index contributed by atoms with van der Waals surface area (Å²) in [6.45, 7) is 25.8. The van der Waals surface area contributed by atoms with Crippen molar-refractivity contribution >= 4 is 40.8 Å². The molecule has 0 spiro atoms. The van der Waals surface area contributed by atoms with Crippen molar-refractivity contribution in [2.75, 3.05) is 6.61 Å². The lowest BCUT2D eigenvalue weighted by Crippen LogP contribution is -2.32. The Balaban J connectivity index is 1.16. The predicted octanol–water partition coefficient (Wildman–Crippen LogP) is 12.3. The van der Waals surface area contributed by atoms with Crippen molar-refractivity contribution in [1.29, 1.82) is 0 Å². The molecule has 62 heavy (non-hydrogen) atoms. The van der Waals surface area contributed by atoms with Crippen LogP contribution in [0.15, 0.2) is 124 Å². The molecular weight excluding hydrogens is 773 g/mol. The number of hydrogen-bond donors (Lipinski definition) is 0. The van der Waals surface area contributed by atoms with Gasteiger partial charge >= 0.3 is 17.9 Å². The molecule has 0 N–H and O–H groups in total. The standard InChI is InChI=1S/C53H68N4O5/c1-12-38-34(8)41-27-43-36(10)40(23-24-47(58)61-26-25-33(7)22-16-21-32(6)20-15-19-31(5)18-14-17-30(3)4)50(56-43)49-51-48(52(59)62-53(49)60)37(11)44(57-51)29-46-39(13-2)35(9)42(55-46)28-45(38)54-41/h12,25,27-32,36,40H,1,13-24,26H2,2-11H3. The van der Waals surface area contributed by atoms with Crippen LogP contribution >= 0.6 is 0 Å². The highest BCUT2D eigenvalue weighted by atomic mass is 16.6. The summed E-state index contributed by atoms with van der Waals surface area (Å²) in [4.78, 5) is 60.6. The average Bonchev–Trinajstić information content (AvgIpc) is 3.89. The van der Waals surface area contributed by atoms with Crippen molar-refractivity contribution in [3.8, 4) is 0 Å². The highest BCUT2D eigenvalue weighted by molar-refractivity contribution is 6.42. The summed E-state index contributed by atoms with van der Waals surface area (Å²) in [6.07, 6.45) is 22.2. The topological polar surface area (TPSA) is 119 Å². The van der Waals surface area contributed by atoms with Gasteiger partial charge in [-0.15, -0.1) is 0 Å². The number of hydrogen-bond acceptors (Lipinski definition) is 9. The number of fused-ring (bicyclic) bond motifs is 4. The molecule has 0 aromatic carbocycles. The zero-order valence-electron chi connectivity index (χ0n) is 39.0. The molecule has 6 aliphatic heterocycles. The molecule has 330 valence electrons. The van der Waals surface area contributed by atoms with E-state index in [2.05, 4.69) is 55.0 Å². The third-order valence-electron chi connectivity index (χ3n) is 13.5. The quantitative estimate of drug-likeness (QED) is 0.0729. The molecule has 8 bridgehead atoms. The second-order valence-electron chi connectivity index (χ2n) is 18.7. The van der Waals surface area contributed by atoms with Gasteiger partial charge in [0.15, 0.2) is 0 Å². The molecule has 0 saturated carbocycles. The Morgan fingerprint density at radius 3 is 2.08 bits per heavy atom. The van der Waals surface area contributed by atoms with E-state index in [0.717, 1.165) is 76.2 Å². The van der Waals surface area contributed by atoms with E-state index in [9.17, 15) is 14.4 Å². The van der Waals surface area contributed by atoms with Crippen molar-refractivity contribution in [2.24, 2.45) is 49.6 Å². The highest BCUT2D eigenvalue weighted by Gasteiger charge is 2.45. The van der Waals surface area contributed by atoms with E-state index in [1.807, 2.05) is 51.2 Å². The number of esters is 3. The van der Waals surface area contributed by atoms with Crippen LogP contribution in [0.5, 0.6) is 0 Å². The zero-order chi connectivity index (χ0) is 44.8. The molecule has 9 heteroatoms. The molecule has 0 radical (unpaired) electrons. The fourth-order valence-electron chi connectivity index (χ4n) is 9.48. The normalized spacial score (nSPS) is 22.1. The lowest BCUT2D eigenvalue weighted by atomic mass is 9.83. The number of rotatable bonds is 19. The number of aliphatic imine (C=N–C) groups is 4. The van der Waals surface area contributed by atoms with Crippen molar-refractivity contribution in [2.45, 2.75) is 146 Å². The largest absolute Gasteiger partial charge is 0.461 e. The van der Waals surface area contributed by atoms with Gasteiger partial charge in [-0.1, -0.05) is 105 Å². The van der Waals surface area contributed by atoms with Crippen LogP contribution in [0.1, 0.15) is 146 Å². The van der Waals surface area contributed by atoms with Gasteiger partial charge in [0.1, 0.15) is 12.2 Å². The third kappa shape index (κ3) is 10.4. The number of carbonyl (C=O) groups is 3. The van der Waals surface area contributed by atoms with E-state index in [-0.39, 0.29) is 47.7 Å². The van der Waals surface area contributed by atoms with Gasteiger partial charge in [0.2, 0.25) is 0 Å². The first-order valence-corrected chi connectivity index (χ1v) is 23.2. The van der Waals surface area contributed by atoms with E-state index in [4.69, 9.17) is 29.4 Å². The summed E-state index contributed by atoms with van der Waals surface area (Å²) in [5.74, 6) is -0.0854. The minimum atomic E-state index is -0.795. The Bertz CT molecular complexity index is 2280. The van der Waals surface area contributed by atoms with Crippen LogP contribution in [0.3, 0.4) is 0 Å². The fourth-order valence-corrected chi connectivity index (χ4v) is 9.48. The summed E-state index contributed by atoms with van der Waals surface area (Å²) >= 11 is 0. The number of nitrogens with zero attached hydrogens (tertiary/aromatic N) is 4. The smallest absolute Gasteiger partial charge is 0.350 e. The number of cyclic esters (lactones) is 2. The SMILES string of the molecule is C=CC1=C(C)C2=CC3=NC(=C4C(=O)OC(=O)C5=C(C)C(=CC6=NC(=CC1=N2)C(C)=C6CC)N=C54)C(CCC(=O)OCC=C(C)CCCC(C)CCCC(C)CCCC(C)C)C3C. The van der Waals surface area contributed by atoms with Crippen LogP contribution in [-0.2, 0) is 23.9 Å². The molecule has 9 nitrogen and oxygen atoms in total. The first-order valence-electron chi connectivity index (χ1n) is 23.2. The van der Waals surface area contributed by atoms with E-state index in [1.165, 1.54) is 50.5 Å². The molecule has 6 rings (SSSR count). The summed E-state index contributed by atoms with van der Waals surface area (Å²) in [5.41, 5.74) is 11.2. The van der Waals surface area contributed by atoms with Gasteiger partial charge in [-0.3, -0.25) is 9.79 Å². The lowest BCUT2D eigenvalue weighted by Gasteiger charge is -2.22. The average molecular weight is 841 g/mol. The van der Waals surface area contributed by atoms with Gasteiger partial charge < -0.3 is 9.47 Å². The van der Waals surface area contributed by atoms with Gasteiger partial charge in [-0.05, 0) is 118 Å². The second-order valence-corrected chi connectivity index (χ2v) is 18.7. The maximum atomic E-state index is 13.8. The molecule has 4 unspecified atom stereocenters. The maximum absolute atomic E-state index is 13.8. The molecule has 0 aromatic rings. The third-order valence-corrected chi connectivity index (χ3v) is 13.5. The summed E-state index contributed by atoms with van der Waals surface area (Å²) in [6, 6.07) is 0. The molecule has 4 atom stereocenters. The Hall–Kier alpha value is -5.05. The van der Waals surface area contributed by atoms with Gasteiger partial charge in [-0.25, -0.2) is 24.6 Å². The molecule has 0 aliphatic carbocycles. The van der Waals surface area contributed by atoms with Gasteiger partial charge in [0, 0.05) is 29.5 Å². The molecule has 0 aromatic heterocycles. The second kappa shape index (κ2) is 20.4. The van der Waals surface area contributed by atoms with Crippen LogP contribution in [0.25, 0.3) is 0 Å². The fraction of sp³-hybridized carbons (Fsp3) is 0.528. The highest BCUT2D eigenvalue weighted by Crippen LogP contribution is 2.43. The molecular formula is C53H68N4O5. The minimum Gasteiger partial charge on any atom is -0.461 e. The number of carbonyl (C=O) groups excluding carboxylic acids is 3. The van der Waals surface area contributed by atoms with Crippen molar-refractivity contribution < 1.29 is 23.9 Å². The monoisotopic (exact) mass is 841 g/mol. The zero-order valence-corrected chi connectivity index (χ0v) is 39.0. The maximum Gasteiger partial charge on any atom is 0.350 e. The summed E-state index contributed by atoms with van der Waals surface area (Å²) in [5, 5.41) is 0. The van der Waals surface area contributed by atoms with Crippen LogP contribution in [0.2, 0.25) is 0 Å². The van der Waals surface area contributed by atoms with Crippen molar-refractivity contribution in [1.82, 2.24) is 0 Å². The molecule has 0 amide bonds. The van der Waals surface area contributed by atoms with Gasteiger partial charge in [0.05, 0.1) is 45.5 Å². The summed E-state index contributed by atoms with van der Waals surface area (Å²) in [7, 11) is 0. The lowest BCUT2D eigenvalue weighted by molar-refractivity contribution is -0.154. The molecule has 6 aliphatic rings. The Labute approximate surface area is 370 Å². The number of allylic oxidation sites excluding steroid dienone is 11. The van der Waals surface area contributed by atoms with Crippen molar-refractivity contribution in [3.63, 3.8) is 0 Å². The predicted molar refractivity (Wildman–Crippen MR) is 252 cm³/mol. The van der Waals surface area contributed by atoms with Crippen molar-refractivity contribution in [3.05, 3.63) is 104 Å². The van der Waals surface area contributed by atoms with E-state index < -0.39 is 11.9 Å². The Morgan fingerprint density at radius 2 is 1.40 bits per heavy atom. The van der Waals surface area contributed by atoms with Gasteiger partial charge in [0.25, 0.3) is 0 Å². The van der Waals surface area contributed by atoms with Crippen LogP contribution in [0, 0.1) is 29.6 Å². The molecule has 6 heterocycles. The van der Waals surface area contributed by atoms with Crippen LogP contribution < -0.4 is 0 Å². The van der Waals surface area contributed by atoms with Crippen LogP contribution in [0.4, 0.5) is 0 Å². The van der Waals surface area contributed by atoms with E-state index in [1.54, 1.807) is 0 Å². The first-order chi connectivity index (χ1) is 29.6. The van der Waals surface area contributed by atoms with E-state index >= 15 is 0 Å². The Kier molecular flexibility index (Phi) is 15.3.